The van der Waals surface area contributed by atoms with Crippen molar-refractivity contribution in [1.82, 2.24) is 9.97 Å². The van der Waals surface area contributed by atoms with E-state index in [1.165, 1.54) is 0 Å². The van der Waals surface area contributed by atoms with Gasteiger partial charge in [-0.2, -0.15) is 0 Å². The molecule has 0 spiro atoms. The van der Waals surface area contributed by atoms with Gasteiger partial charge in [0.15, 0.2) is 0 Å². The van der Waals surface area contributed by atoms with E-state index in [0.29, 0.717) is 0 Å². The van der Waals surface area contributed by atoms with E-state index < -0.39 is 0 Å². The highest BCUT2D eigenvalue weighted by molar-refractivity contribution is 5.55. The van der Waals surface area contributed by atoms with Gasteiger partial charge in [-0.15, -0.1) is 0 Å². The van der Waals surface area contributed by atoms with E-state index >= 15 is 0 Å². The van der Waals surface area contributed by atoms with Gasteiger partial charge in [0.05, 0.1) is 0 Å². The van der Waals surface area contributed by atoms with Crippen LogP contribution in [0.4, 0.5) is 11.5 Å². The summed E-state index contributed by atoms with van der Waals surface area (Å²) in [5.74, 6) is 1.73. The van der Waals surface area contributed by atoms with Crippen LogP contribution in [0.2, 0.25) is 0 Å². The van der Waals surface area contributed by atoms with Gasteiger partial charge in [0, 0.05) is 23.9 Å². The van der Waals surface area contributed by atoms with Crippen molar-refractivity contribution in [2.24, 2.45) is 0 Å². The Hall–Kier alpha value is -1.90. The second kappa shape index (κ2) is 4.75. The standard InChI is InChI=1S/C13H15N3/c1-3-12-14-10(2)9-13(16-12)15-11-7-5-4-6-8-11/h4-9H,3H2,1-2H3,(H,14,15,16). The lowest BCUT2D eigenvalue weighted by atomic mass is 10.3. The highest BCUT2D eigenvalue weighted by atomic mass is 15.0. The van der Waals surface area contributed by atoms with Gasteiger partial charge in [-0.3, -0.25) is 0 Å². The number of anilines is 2. The molecule has 82 valence electrons. The summed E-state index contributed by atoms with van der Waals surface area (Å²) < 4.78 is 0. The minimum Gasteiger partial charge on any atom is -0.340 e. The Morgan fingerprint density at radius 1 is 1.12 bits per heavy atom. The molecule has 2 aromatic rings. The van der Waals surface area contributed by atoms with Crippen LogP contribution in [0.15, 0.2) is 36.4 Å². The van der Waals surface area contributed by atoms with E-state index in [4.69, 9.17) is 0 Å². The molecular weight excluding hydrogens is 198 g/mol. The number of aromatic nitrogens is 2. The molecule has 1 aromatic heterocycles. The Morgan fingerprint density at radius 2 is 1.88 bits per heavy atom. The first-order chi connectivity index (χ1) is 7.78. The van der Waals surface area contributed by atoms with Gasteiger partial charge in [0.25, 0.3) is 0 Å². The molecular formula is C13H15N3. The van der Waals surface area contributed by atoms with Crippen LogP contribution in [0.5, 0.6) is 0 Å². The number of para-hydroxylation sites is 1. The zero-order chi connectivity index (χ0) is 11.4. The zero-order valence-electron chi connectivity index (χ0n) is 9.57. The molecule has 0 atom stereocenters. The van der Waals surface area contributed by atoms with Gasteiger partial charge in [-0.1, -0.05) is 25.1 Å². The van der Waals surface area contributed by atoms with E-state index in [9.17, 15) is 0 Å². The van der Waals surface area contributed by atoms with Crippen molar-refractivity contribution >= 4 is 11.5 Å². The molecule has 0 unspecified atom stereocenters. The fourth-order valence-corrected chi connectivity index (χ4v) is 1.52. The van der Waals surface area contributed by atoms with Crippen molar-refractivity contribution in [3.63, 3.8) is 0 Å². The maximum Gasteiger partial charge on any atom is 0.134 e. The van der Waals surface area contributed by atoms with E-state index in [-0.39, 0.29) is 0 Å². The van der Waals surface area contributed by atoms with Crippen molar-refractivity contribution < 1.29 is 0 Å². The lowest BCUT2D eigenvalue weighted by molar-refractivity contribution is 0.921. The lowest BCUT2D eigenvalue weighted by Crippen LogP contribution is -2.00. The van der Waals surface area contributed by atoms with Gasteiger partial charge in [0.2, 0.25) is 0 Å². The average molecular weight is 213 g/mol. The first kappa shape index (κ1) is 10.6. The Balaban J connectivity index is 2.24. The summed E-state index contributed by atoms with van der Waals surface area (Å²) in [6, 6.07) is 12.0. The average Bonchev–Trinajstić information content (AvgIpc) is 2.29. The van der Waals surface area contributed by atoms with Crippen LogP contribution in [0.3, 0.4) is 0 Å². The predicted molar refractivity (Wildman–Crippen MR) is 65.9 cm³/mol. The van der Waals surface area contributed by atoms with Crippen LogP contribution in [0.25, 0.3) is 0 Å². The van der Waals surface area contributed by atoms with E-state index in [0.717, 1.165) is 29.4 Å². The maximum atomic E-state index is 4.43. The van der Waals surface area contributed by atoms with Crippen LogP contribution in [-0.4, -0.2) is 9.97 Å². The molecule has 1 aromatic carbocycles. The minimum atomic E-state index is 0.852. The van der Waals surface area contributed by atoms with Crippen molar-refractivity contribution in [2.45, 2.75) is 20.3 Å². The molecule has 3 heteroatoms. The topological polar surface area (TPSA) is 37.8 Å². The quantitative estimate of drug-likeness (QED) is 0.851. The van der Waals surface area contributed by atoms with E-state index in [1.807, 2.05) is 43.3 Å². The first-order valence-electron chi connectivity index (χ1n) is 5.44. The maximum absolute atomic E-state index is 4.43. The van der Waals surface area contributed by atoms with Gasteiger partial charge in [0.1, 0.15) is 11.6 Å². The molecule has 3 nitrogen and oxygen atoms in total. The molecule has 0 radical (unpaired) electrons. The summed E-state index contributed by atoms with van der Waals surface area (Å²) in [7, 11) is 0. The predicted octanol–water partition coefficient (Wildman–Crippen LogP) is 3.09. The summed E-state index contributed by atoms with van der Waals surface area (Å²) in [4.78, 5) is 8.77. The SMILES string of the molecule is CCc1nc(C)cc(Nc2ccccc2)n1. The number of aryl methyl sites for hydroxylation is 2. The first-order valence-corrected chi connectivity index (χ1v) is 5.44. The van der Waals surface area contributed by atoms with Gasteiger partial charge in [-0.05, 0) is 19.1 Å². The van der Waals surface area contributed by atoms with Gasteiger partial charge >= 0.3 is 0 Å². The third-order valence-electron chi connectivity index (χ3n) is 2.26. The highest BCUT2D eigenvalue weighted by Gasteiger charge is 2.00. The summed E-state index contributed by atoms with van der Waals surface area (Å²) in [5, 5.41) is 3.27. The molecule has 0 saturated heterocycles. The number of benzene rings is 1. The second-order valence-corrected chi connectivity index (χ2v) is 3.66. The van der Waals surface area contributed by atoms with Crippen LogP contribution in [-0.2, 0) is 6.42 Å². The van der Waals surface area contributed by atoms with Crippen molar-refractivity contribution in [3.8, 4) is 0 Å². The Morgan fingerprint density at radius 3 is 2.56 bits per heavy atom. The molecule has 1 heterocycles. The number of nitrogens with one attached hydrogen (secondary N) is 1. The molecule has 0 bridgehead atoms. The molecule has 0 amide bonds. The largest absolute Gasteiger partial charge is 0.340 e. The number of nitrogens with zero attached hydrogens (tertiary/aromatic N) is 2. The zero-order valence-corrected chi connectivity index (χ0v) is 9.57. The smallest absolute Gasteiger partial charge is 0.134 e. The second-order valence-electron chi connectivity index (χ2n) is 3.66. The number of rotatable bonds is 3. The molecule has 0 aliphatic rings. The molecule has 0 aliphatic heterocycles. The normalized spacial score (nSPS) is 10.1. The van der Waals surface area contributed by atoms with Crippen molar-refractivity contribution in [2.75, 3.05) is 5.32 Å². The van der Waals surface area contributed by atoms with E-state index in [2.05, 4.69) is 22.2 Å². The van der Waals surface area contributed by atoms with Crippen LogP contribution in [0.1, 0.15) is 18.4 Å². The molecule has 16 heavy (non-hydrogen) atoms. The number of hydrogen-bond acceptors (Lipinski definition) is 3. The fourth-order valence-electron chi connectivity index (χ4n) is 1.52. The monoisotopic (exact) mass is 213 g/mol. The molecule has 2 rings (SSSR count). The van der Waals surface area contributed by atoms with Gasteiger partial charge < -0.3 is 5.32 Å². The van der Waals surface area contributed by atoms with Crippen LogP contribution >= 0.6 is 0 Å². The summed E-state index contributed by atoms with van der Waals surface area (Å²) in [6.07, 6.45) is 0.852. The molecule has 0 saturated carbocycles. The van der Waals surface area contributed by atoms with E-state index in [1.54, 1.807) is 0 Å². The van der Waals surface area contributed by atoms with Crippen LogP contribution in [0, 0.1) is 6.92 Å². The Labute approximate surface area is 95.6 Å². The van der Waals surface area contributed by atoms with Crippen molar-refractivity contribution in [1.29, 1.82) is 0 Å². The lowest BCUT2D eigenvalue weighted by Gasteiger charge is -2.07. The van der Waals surface area contributed by atoms with Crippen LogP contribution < -0.4 is 5.32 Å². The summed E-state index contributed by atoms with van der Waals surface area (Å²) in [5.41, 5.74) is 2.04. The highest BCUT2D eigenvalue weighted by Crippen LogP contribution is 2.14. The van der Waals surface area contributed by atoms with Gasteiger partial charge in [-0.25, -0.2) is 9.97 Å². The third kappa shape index (κ3) is 2.57. The molecule has 1 N–H and O–H groups in total. The van der Waals surface area contributed by atoms with Crippen molar-refractivity contribution in [3.05, 3.63) is 47.9 Å². The fraction of sp³-hybridized carbons (Fsp3) is 0.231. The minimum absolute atomic E-state index is 0.852. The molecule has 0 fully saturated rings. The third-order valence-corrected chi connectivity index (χ3v) is 2.26. The number of hydrogen-bond donors (Lipinski definition) is 1. The Kier molecular flexibility index (Phi) is 3.15. The molecule has 0 aliphatic carbocycles. The Bertz CT molecular complexity index is 466. The summed E-state index contributed by atoms with van der Waals surface area (Å²) >= 11 is 0. The summed E-state index contributed by atoms with van der Waals surface area (Å²) in [6.45, 7) is 4.04.